The van der Waals surface area contributed by atoms with Gasteiger partial charge in [-0.05, 0) is 61.6 Å². The number of carbonyl (C=O) groups excluding carboxylic acids is 1. The number of fused-ring (bicyclic) bond motifs is 2. The molecule has 3 aromatic rings. The van der Waals surface area contributed by atoms with Crippen LogP contribution in [0, 0.1) is 11.8 Å². The van der Waals surface area contributed by atoms with Crippen molar-refractivity contribution in [3.63, 3.8) is 0 Å². The Kier molecular flexibility index (Phi) is 6.95. The fourth-order valence-electron chi connectivity index (χ4n) is 6.11. The van der Waals surface area contributed by atoms with E-state index >= 15 is 0 Å². The van der Waals surface area contributed by atoms with Gasteiger partial charge in [-0.15, -0.1) is 0 Å². The molecule has 3 aliphatic rings. The standard InChI is InChI=1S/C31H33N3O5/c1-37-26-11-9-22(18-28(26)38-2)30-24-5-3-4-6-25(24)31(36)34(32-30)23-13-15-33(16-14-23)19-20-7-8-21-10-12-29(35)39-27(21)17-20/h3-4,7-12,17-18,23-25H,5-6,13-16,19H2,1-2H3/t24-,25+/m0/s1. The van der Waals surface area contributed by atoms with Crippen molar-refractivity contribution in [3.8, 4) is 11.5 Å². The number of benzene rings is 2. The molecule has 1 amide bonds. The first-order valence-corrected chi connectivity index (χ1v) is 13.6. The van der Waals surface area contributed by atoms with Gasteiger partial charge in [-0.2, -0.15) is 5.10 Å². The van der Waals surface area contributed by atoms with Gasteiger partial charge in [0.15, 0.2) is 11.5 Å². The molecular weight excluding hydrogens is 494 g/mol. The lowest BCUT2D eigenvalue weighted by molar-refractivity contribution is -0.141. The summed E-state index contributed by atoms with van der Waals surface area (Å²) in [6.07, 6.45) is 7.54. The number of allylic oxidation sites excluding steroid dienone is 2. The maximum Gasteiger partial charge on any atom is 0.336 e. The van der Waals surface area contributed by atoms with Crippen molar-refractivity contribution >= 4 is 22.6 Å². The zero-order valence-electron chi connectivity index (χ0n) is 22.3. The van der Waals surface area contributed by atoms with Gasteiger partial charge >= 0.3 is 5.63 Å². The monoisotopic (exact) mass is 527 g/mol. The summed E-state index contributed by atoms with van der Waals surface area (Å²) in [4.78, 5) is 27.7. The molecule has 8 heteroatoms. The SMILES string of the molecule is COc1ccc(C2=NN(C3CCN(Cc4ccc5ccc(=O)oc5c4)CC3)C(=O)[C@@H]3CC=CC[C@H]23)cc1OC. The summed E-state index contributed by atoms with van der Waals surface area (Å²) in [5.74, 6) is 1.43. The zero-order chi connectivity index (χ0) is 26.9. The average molecular weight is 528 g/mol. The van der Waals surface area contributed by atoms with E-state index in [2.05, 4.69) is 23.1 Å². The average Bonchev–Trinajstić information content (AvgIpc) is 2.97. The number of hydrazone groups is 1. The molecule has 0 N–H and O–H groups in total. The summed E-state index contributed by atoms with van der Waals surface area (Å²) < 4.78 is 16.4. The highest BCUT2D eigenvalue weighted by atomic mass is 16.5. The number of hydrogen-bond donors (Lipinski definition) is 0. The Morgan fingerprint density at radius 3 is 2.41 bits per heavy atom. The molecule has 0 spiro atoms. The first-order valence-electron chi connectivity index (χ1n) is 13.6. The van der Waals surface area contributed by atoms with Gasteiger partial charge < -0.3 is 13.9 Å². The van der Waals surface area contributed by atoms with Crippen LogP contribution >= 0.6 is 0 Å². The van der Waals surface area contributed by atoms with Crippen LogP contribution in [0.2, 0.25) is 0 Å². The molecule has 0 bridgehead atoms. The van der Waals surface area contributed by atoms with Crippen LogP contribution in [-0.2, 0) is 11.3 Å². The van der Waals surface area contributed by atoms with E-state index in [0.717, 1.165) is 67.5 Å². The van der Waals surface area contributed by atoms with E-state index in [1.165, 1.54) is 6.07 Å². The number of hydrogen-bond acceptors (Lipinski definition) is 7. The largest absolute Gasteiger partial charge is 0.493 e. The van der Waals surface area contributed by atoms with Crippen LogP contribution in [0.1, 0.15) is 36.8 Å². The van der Waals surface area contributed by atoms with Crippen molar-refractivity contribution in [3.05, 3.63) is 82.2 Å². The molecule has 8 nitrogen and oxygen atoms in total. The molecule has 1 aromatic heterocycles. The molecule has 39 heavy (non-hydrogen) atoms. The van der Waals surface area contributed by atoms with E-state index in [0.29, 0.717) is 17.1 Å². The number of carbonyl (C=O) groups is 1. The molecule has 202 valence electrons. The number of nitrogens with zero attached hydrogens (tertiary/aromatic N) is 3. The van der Waals surface area contributed by atoms with E-state index in [1.807, 2.05) is 30.3 Å². The Labute approximate surface area is 227 Å². The first-order chi connectivity index (χ1) is 19.0. The van der Waals surface area contributed by atoms with Gasteiger partial charge in [0.05, 0.1) is 31.9 Å². The smallest absolute Gasteiger partial charge is 0.336 e. The van der Waals surface area contributed by atoms with Crippen LogP contribution in [0.4, 0.5) is 0 Å². The summed E-state index contributed by atoms with van der Waals surface area (Å²) in [6, 6.07) is 15.2. The van der Waals surface area contributed by atoms with Crippen molar-refractivity contribution in [2.75, 3.05) is 27.3 Å². The lowest BCUT2D eigenvalue weighted by atomic mass is 9.76. The number of piperidine rings is 1. The molecule has 2 aromatic carbocycles. The minimum Gasteiger partial charge on any atom is -0.493 e. The fraction of sp³-hybridized carbons (Fsp3) is 0.387. The van der Waals surface area contributed by atoms with E-state index < -0.39 is 0 Å². The second kappa shape index (κ2) is 10.7. The molecule has 6 rings (SSSR count). The predicted molar refractivity (Wildman–Crippen MR) is 149 cm³/mol. The quantitative estimate of drug-likeness (QED) is 0.344. The predicted octanol–water partition coefficient (Wildman–Crippen LogP) is 4.60. The van der Waals surface area contributed by atoms with Gasteiger partial charge in [0.25, 0.3) is 0 Å². The van der Waals surface area contributed by atoms with E-state index in [4.69, 9.17) is 19.0 Å². The van der Waals surface area contributed by atoms with Crippen molar-refractivity contribution in [1.29, 1.82) is 0 Å². The molecule has 0 unspecified atom stereocenters. The number of methoxy groups -OCH3 is 2. The Balaban J connectivity index is 1.21. The maximum absolute atomic E-state index is 13.7. The topological polar surface area (TPSA) is 84.6 Å². The third kappa shape index (κ3) is 4.96. The summed E-state index contributed by atoms with van der Waals surface area (Å²) in [7, 11) is 3.26. The molecule has 0 radical (unpaired) electrons. The minimum absolute atomic E-state index is 0.0601. The second-order valence-electron chi connectivity index (χ2n) is 10.5. The second-order valence-corrected chi connectivity index (χ2v) is 10.5. The number of likely N-dealkylation sites (tertiary alicyclic amines) is 1. The van der Waals surface area contributed by atoms with Crippen molar-refractivity contribution in [2.24, 2.45) is 16.9 Å². The molecule has 1 fully saturated rings. The van der Waals surface area contributed by atoms with E-state index in [1.54, 1.807) is 25.3 Å². The van der Waals surface area contributed by atoms with Crippen LogP contribution in [0.3, 0.4) is 0 Å². The third-order valence-corrected chi connectivity index (χ3v) is 8.22. The molecule has 2 aliphatic heterocycles. The van der Waals surface area contributed by atoms with Gasteiger partial charge in [-0.25, -0.2) is 9.80 Å². The van der Waals surface area contributed by atoms with Gasteiger partial charge in [0, 0.05) is 42.6 Å². The number of amides is 1. The Morgan fingerprint density at radius 1 is 0.897 bits per heavy atom. The lowest BCUT2D eigenvalue weighted by Crippen LogP contribution is -2.52. The molecule has 0 saturated carbocycles. The highest BCUT2D eigenvalue weighted by Gasteiger charge is 2.42. The molecule has 1 aliphatic carbocycles. The van der Waals surface area contributed by atoms with Gasteiger partial charge in [0.1, 0.15) is 5.58 Å². The van der Waals surface area contributed by atoms with Crippen molar-refractivity contribution in [1.82, 2.24) is 9.91 Å². The number of rotatable bonds is 6. The summed E-state index contributed by atoms with van der Waals surface area (Å²) in [6.45, 7) is 2.49. The molecule has 1 saturated heterocycles. The zero-order valence-corrected chi connectivity index (χ0v) is 22.3. The third-order valence-electron chi connectivity index (χ3n) is 8.22. The highest BCUT2D eigenvalue weighted by molar-refractivity contribution is 6.07. The Hall–Kier alpha value is -3.91. The molecule has 3 heterocycles. The van der Waals surface area contributed by atoms with Crippen LogP contribution < -0.4 is 15.1 Å². The number of ether oxygens (including phenoxy) is 2. The van der Waals surface area contributed by atoms with Gasteiger partial charge in [-0.1, -0.05) is 24.3 Å². The van der Waals surface area contributed by atoms with Crippen molar-refractivity contribution in [2.45, 2.75) is 38.3 Å². The van der Waals surface area contributed by atoms with Crippen LogP contribution in [0.25, 0.3) is 11.0 Å². The molecular formula is C31H33N3O5. The van der Waals surface area contributed by atoms with E-state index in [9.17, 15) is 9.59 Å². The summed E-state index contributed by atoms with van der Waals surface area (Å²) in [5, 5.41) is 7.74. The highest BCUT2D eigenvalue weighted by Crippen LogP contribution is 2.38. The van der Waals surface area contributed by atoms with Crippen LogP contribution in [0.5, 0.6) is 11.5 Å². The Bertz CT molecular complexity index is 1500. The molecule has 2 atom stereocenters. The maximum atomic E-state index is 13.7. The minimum atomic E-state index is -0.338. The normalized spacial score (nSPS) is 22.1. The van der Waals surface area contributed by atoms with Crippen LogP contribution in [-0.4, -0.2) is 54.9 Å². The summed E-state index contributed by atoms with van der Waals surface area (Å²) >= 11 is 0. The fourth-order valence-corrected chi connectivity index (χ4v) is 6.11. The van der Waals surface area contributed by atoms with Crippen LogP contribution in [0.15, 0.2) is 75.0 Å². The lowest BCUT2D eigenvalue weighted by Gasteiger charge is -2.42. The summed E-state index contributed by atoms with van der Waals surface area (Å²) in [5.41, 5.74) is 3.30. The van der Waals surface area contributed by atoms with Gasteiger partial charge in [-0.3, -0.25) is 9.69 Å². The Morgan fingerprint density at radius 2 is 1.64 bits per heavy atom. The first kappa shape index (κ1) is 25.4. The van der Waals surface area contributed by atoms with Crippen molar-refractivity contribution < 1.29 is 18.7 Å². The van der Waals surface area contributed by atoms with Gasteiger partial charge in [0.2, 0.25) is 5.91 Å². The van der Waals surface area contributed by atoms with E-state index in [-0.39, 0.29) is 29.4 Å².